The molecule has 0 heterocycles. The first kappa shape index (κ1) is 15.1. The summed E-state index contributed by atoms with van der Waals surface area (Å²) >= 11 is 3.19. The number of nitrogens with one attached hydrogen (secondary N) is 1. The van der Waals surface area contributed by atoms with E-state index in [4.69, 9.17) is 10.00 Å². The number of nitriles is 1. The van der Waals surface area contributed by atoms with Gasteiger partial charge in [0.1, 0.15) is 11.6 Å². The minimum absolute atomic E-state index is 0.0162. The molecule has 0 saturated heterocycles. The van der Waals surface area contributed by atoms with E-state index >= 15 is 0 Å². The van der Waals surface area contributed by atoms with Crippen LogP contribution in [0.4, 0.5) is 0 Å². The number of likely N-dealkylation sites (N-methyl/N-ethyl adjacent to an activating group) is 1. The van der Waals surface area contributed by atoms with Crippen molar-refractivity contribution in [3.8, 4) is 17.6 Å². The van der Waals surface area contributed by atoms with Gasteiger partial charge in [-0.15, -0.1) is 0 Å². The molecule has 19 heavy (non-hydrogen) atoms. The van der Waals surface area contributed by atoms with Gasteiger partial charge in [0, 0.05) is 7.05 Å². The Morgan fingerprint density at radius 1 is 1.63 bits per heavy atom. The number of phenols is 1. The molecule has 2 N–H and O–H groups in total. The Balaban J connectivity index is 3.25. The molecule has 0 aliphatic rings. The van der Waals surface area contributed by atoms with Gasteiger partial charge in [-0.3, -0.25) is 4.79 Å². The molecule has 0 spiro atoms. The zero-order valence-corrected chi connectivity index (χ0v) is 12.1. The third kappa shape index (κ3) is 3.73. The maximum Gasteiger partial charge on any atom is 0.261 e. The Kier molecular flexibility index (Phi) is 5.39. The summed E-state index contributed by atoms with van der Waals surface area (Å²) in [7, 11) is 1.45. The quantitative estimate of drug-likeness (QED) is 0.657. The van der Waals surface area contributed by atoms with Crippen LogP contribution in [-0.2, 0) is 4.79 Å². The van der Waals surface area contributed by atoms with Crippen molar-refractivity contribution in [2.24, 2.45) is 0 Å². The van der Waals surface area contributed by atoms with Gasteiger partial charge in [-0.25, -0.2) is 0 Å². The summed E-state index contributed by atoms with van der Waals surface area (Å²) in [4.78, 5) is 11.4. The van der Waals surface area contributed by atoms with Crippen LogP contribution in [0.25, 0.3) is 6.08 Å². The van der Waals surface area contributed by atoms with E-state index in [9.17, 15) is 9.90 Å². The molecule has 0 atom stereocenters. The van der Waals surface area contributed by atoms with Crippen LogP contribution in [0.15, 0.2) is 22.2 Å². The fraction of sp³-hybridized carbons (Fsp3) is 0.231. The number of hydrogen-bond acceptors (Lipinski definition) is 4. The van der Waals surface area contributed by atoms with Gasteiger partial charge in [0.15, 0.2) is 11.5 Å². The summed E-state index contributed by atoms with van der Waals surface area (Å²) < 4.78 is 5.70. The second kappa shape index (κ2) is 6.81. The van der Waals surface area contributed by atoms with Gasteiger partial charge in [-0.1, -0.05) is 0 Å². The number of ether oxygens (including phenoxy) is 1. The molecule has 1 rings (SSSR count). The molecule has 0 radical (unpaired) electrons. The Labute approximate surface area is 119 Å². The van der Waals surface area contributed by atoms with Crippen LogP contribution in [-0.4, -0.2) is 24.7 Å². The normalized spacial score (nSPS) is 10.7. The van der Waals surface area contributed by atoms with Gasteiger partial charge in [0.05, 0.1) is 11.1 Å². The molecule has 1 aromatic rings. The molecule has 5 nitrogen and oxygen atoms in total. The third-order valence-electron chi connectivity index (χ3n) is 2.25. The zero-order valence-electron chi connectivity index (χ0n) is 10.5. The first-order chi connectivity index (χ1) is 9.03. The highest BCUT2D eigenvalue weighted by atomic mass is 79.9. The molecular weight excluding hydrogens is 312 g/mol. The summed E-state index contributed by atoms with van der Waals surface area (Å²) in [5.41, 5.74) is 0.552. The molecule has 0 fully saturated rings. The van der Waals surface area contributed by atoms with E-state index in [1.807, 2.05) is 6.07 Å². The van der Waals surface area contributed by atoms with Crippen molar-refractivity contribution in [1.29, 1.82) is 5.26 Å². The van der Waals surface area contributed by atoms with Gasteiger partial charge in [-0.05, 0) is 46.6 Å². The van der Waals surface area contributed by atoms with Crippen LogP contribution in [0.1, 0.15) is 12.5 Å². The van der Waals surface area contributed by atoms with Gasteiger partial charge in [0.25, 0.3) is 5.91 Å². The van der Waals surface area contributed by atoms with Gasteiger partial charge >= 0.3 is 0 Å². The largest absolute Gasteiger partial charge is 0.503 e. The number of hydrogen-bond donors (Lipinski definition) is 2. The number of carbonyl (C=O) groups is 1. The molecule has 0 bridgehead atoms. The van der Waals surface area contributed by atoms with Gasteiger partial charge in [-0.2, -0.15) is 5.26 Å². The highest BCUT2D eigenvalue weighted by Crippen LogP contribution is 2.36. The second-order valence-corrected chi connectivity index (χ2v) is 4.39. The van der Waals surface area contributed by atoms with Crippen molar-refractivity contribution in [1.82, 2.24) is 5.32 Å². The summed E-state index contributed by atoms with van der Waals surface area (Å²) in [6.07, 6.45) is 1.42. The summed E-state index contributed by atoms with van der Waals surface area (Å²) in [6.45, 7) is 2.19. The highest BCUT2D eigenvalue weighted by Gasteiger charge is 2.11. The van der Waals surface area contributed by atoms with Crippen LogP contribution in [0.2, 0.25) is 0 Å². The van der Waals surface area contributed by atoms with E-state index < -0.39 is 5.91 Å². The maximum atomic E-state index is 11.4. The van der Waals surface area contributed by atoms with E-state index in [2.05, 4.69) is 21.2 Å². The number of rotatable bonds is 4. The molecule has 1 amide bonds. The van der Waals surface area contributed by atoms with Crippen molar-refractivity contribution in [3.05, 3.63) is 27.7 Å². The monoisotopic (exact) mass is 324 g/mol. The number of phenolic OH excluding ortho intramolecular Hbond substituents is 1. The lowest BCUT2D eigenvalue weighted by Crippen LogP contribution is -2.19. The van der Waals surface area contributed by atoms with E-state index in [0.29, 0.717) is 16.6 Å². The molecule has 0 aliphatic heterocycles. The lowest BCUT2D eigenvalue weighted by atomic mass is 10.1. The molecule has 100 valence electrons. The molecule has 0 aromatic heterocycles. The molecule has 6 heteroatoms. The SMILES string of the molecule is CCOc1cc(/C=C(/C#N)C(=O)NC)cc(Br)c1O. The summed E-state index contributed by atoms with van der Waals surface area (Å²) in [5, 5.41) is 21.1. The van der Waals surface area contributed by atoms with Crippen LogP contribution < -0.4 is 10.1 Å². The Morgan fingerprint density at radius 3 is 2.84 bits per heavy atom. The molecule has 0 unspecified atom stereocenters. The van der Waals surface area contributed by atoms with Gasteiger partial charge in [0.2, 0.25) is 0 Å². The topological polar surface area (TPSA) is 82.3 Å². The Bertz CT molecular complexity index is 562. The van der Waals surface area contributed by atoms with Crippen molar-refractivity contribution in [2.45, 2.75) is 6.92 Å². The first-order valence-corrected chi connectivity index (χ1v) is 6.32. The minimum atomic E-state index is -0.468. The van der Waals surface area contributed by atoms with Crippen LogP contribution >= 0.6 is 15.9 Å². The number of benzene rings is 1. The average molecular weight is 325 g/mol. The van der Waals surface area contributed by atoms with E-state index in [0.717, 1.165) is 0 Å². The Hall–Kier alpha value is -2.00. The molecular formula is C13H13BrN2O3. The number of carbonyl (C=O) groups excluding carboxylic acids is 1. The van der Waals surface area contributed by atoms with Crippen molar-refractivity contribution in [3.63, 3.8) is 0 Å². The van der Waals surface area contributed by atoms with Crippen molar-refractivity contribution in [2.75, 3.05) is 13.7 Å². The lowest BCUT2D eigenvalue weighted by molar-refractivity contribution is -0.116. The van der Waals surface area contributed by atoms with E-state index in [-0.39, 0.29) is 17.1 Å². The predicted octanol–water partition coefficient (Wildman–Crippen LogP) is 2.21. The smallest absolute Gasteiger partial charge is 0.261 e. The second-order valence-electron chi connectivity index (χ2n) is 3.53. The van der Waals surface area contributed by atoms with Crippen molar-refractivity contribution < 1.29 is 14.6 Å². The fourth-order valence-electron chi connectivity index (χ4n) is 1.39. The molecule has 1 aromatic carbocycles. The van der Waals surface area contributed by atoms with Gasteiger partial charge < -0.3 is 15.2 Å². The number of amides is 1. The molecule has 0 aliphatic carbocycles. The zero-order chi connectivity index (χ0) is 14.4. The predicted molar refractivity (Wildman–Crippen MR) is 74.6 cm³/mol. The number of aromatic hydroxyl groups is 1. The average Bonchev–Trinajstić information content (AvgIpc) is 2.40. The first-order valence-electron chi connectivity index (χ1n) is 5.52. The number of halogens is 1. The third-order valence-corrected chi connectivity index (χ3v) is 2.86. The maximum absolute atomic E-state index is 11.4. The van der Waals surface area contributed by atoms with Crippen LogP contribution in [0.5, 0.6) is 11.5 Å². The fourth-order valence-corrected chi connectivity index (χ4v) is 1.85. The molecule has 0 saturated carbocycles. The highest BCUT2D eigenvalue weighted by molar-refractivity contribution is 9.10. The minimum Gasteiger partial charge on any atom is -0.503 e. The van der Waals surface area contributed by atoms with Crippen molar-refractivity contribution >= 4 is 27.9 Å². The summed E-state index contributed by atoms with van der Waals surface area (Å²) in [5.74, 6) is -0.195. The van der Waals surface area contributed by atoms with Crippen LogP contribution in [0.3, 0.4) is 0 Å². The number of nitrogens with zero attached hydrogens (tertiary/aromatic N) is 1. The Morgan fingerprint density at radius 2 is 2.32 bits per heavy atom. The van der Waals surface area contributed by atoms with E-state index in [1.165, 1.54) is 13.1 Å². The summed E-state index contributed by atoms with van der Waals surface area (Å²) in [6, 6.07) is 4.97. The van der Waals surface area contributed by atoms with Crippen LogP contribution in [0, 0.1) is 11.3 Å². The standard InChI is InChI=1S/C13H13BrN2O3/c1-3-19-11-6-8(5-10(14)12(11)17)4-9(7-15)13(18)16-2/h4-6,17H,3H2,1-2H3,(H,16,18)/b9-4-. The van der Waals surface area contributed by atoms with E-state index in [1.54, 1.807) is 19.1 Å². The lowest BCUT2D eigenvalue weighted by Gasteiger charge is -2.08.